The second-order valence-electron chi connectivity index (χ2n) is 5.43. The van der Waals surface area contributed by atoms with Crippen molar-refractivity contribution in [2.24, 2.45) is 7.05 Å². The Hall–Kier alpha value is -2.58. The predicted octanol–water partition coefficient (Wildman–Crippen LogP) is -0.0730. The maximum Gasteiger partial charge on any atom is 0.409 e. The van der Waals surface area contributed by atoms with Crippen molar-refractivity contribution in [3.63, 3.8) is 0 Å². The number of carbonyl (C=O) groups is 3. The number of aryl methyl sites for hydroxylation is 1. The molecule has 0 unspecified atom stereocenters. The predicted molar refractivity (Wildman–Crippen MR) is 82.2 cm³/mol. The lowest BCUT2D eigenvalue weighted by atomic mass is 10.3. The van der Waals surface area contributed by atoms with Crippen LogP contribution in [-0.4, -0.2) is 78.1 Å². The minimum Gasteiger partial charge on any atom is -0.448 e. The van der Waals surface area contributed by atoms with E-state index in [2.05, 4.69) is 4.98 Å². The van der Waals surface area contributed by atoms with Crippen LogP contribution in [0.5, 0.6) is 0 Å². The third-order valence-corrected chi connectivity index (χ3v) is 3.73. The van der Waals surface area contributed by atoms with E-state index in [-0.39, 0.29) is 12.0 Å². The van der Waals surface area contributed by atoms with E-state index in [1.807, 2.05) is 0 Å². The first-order valence-corrected chi connectivity index (χ1v) is 7.32. The lowest BCUT2D eigenvalue weighted by molar-refractivity contribution is -0.107. The van der Waals surface area contributed by atoms with E-state index < -0.39 is 0 Å². The lowest BCUT2D eigenvalue weighted by Crippen LogP contribution is -2.33. The fourth-order valence-electron chi connectivity index (χ4n) is 2.38. The zero-order valence-electron chi connectivity index (χ0n) is 13.6. The van der Waals surface area contributed by atoms with E-state index in [0.29, 0.717) is 50.6 Å². The number of hydrogen-bond donors (Lipinski definition) is 0. The Balaban J connectivity index is 1.95. The van der Waals surface area contributed by atoms with Crippen LogP contribution in [0.2, 0.25) is 0 Å². The topological polar surface area (TPSA) is 88.0 Å². The highest BCUT2D eigenvalue weighted by Crippen LogP contribution is 2.17. The Kier molecular flexibility index (Phi) is 5.20. The molecule has 1 fully saturated rings. The smallest absolute Gasteiger partial charge is 0.409 e. The van der Waals surface area contributed by atoms with Crippen molar-refractivity contribution < 1.29 is 19.1 Å². The molecule has 1 aromatic rings. The molecule has 9 heteroatoms. The fourth-order valence-corrected chi connectivity index (χ4v) is 2.38. The van der Waals surface area contributed by atoms with Crippen LogP contribution in [-0.2, 0) is 16.6 Å². The molecule has 0 atom stereocenters. The molecule has 1 aliphatic heterocycles. The Morgan fingerprint density at radius 3 is 2.83 bits per heavy atom. The van der Waals surface area contributed by atoms with Crippen LogP contribution in [0.15, 0.2) is 6.33 Å². The number of nitrogens with zero attached hydrogens (tertiary/aromatic N) is 5. The summed E-state index contributed by atoms with van der Waals surface area (Å²) in [6.07, 6.45) is 2.45. The summed E-state index contributed by atoms with van der Waals surface area (Å²) in [7, 11) is 4.93. The van der Waals surface area contributed by atoms with E-state index in [1.165, 1.54) is 11.2 Å². The second-order valence-corrected chi connectivity index (χ2v) is 5.43. The van der Waals surface area contributed by atoms with Crippen LogP contribution in [0.25, 0.3) is 0 Å². The molecule has 2 rings (SSSR count). The molecular formula is C14H21N5O4. The molecule has 9 nitrogen and oxygen atoms in total. The Labute approximate surface area is 134 Å². The van der Waals surface area contributed by atoms with E-state index in [1.54, 1.807) is 35.5 Å². The molecule has 0 bridgehead atoms. The quantitative estimate of drug-likeness (QED) is 0.655. The molecule has 0 radical (unpaired) electrons. The number of ether oxygens (including phenoxy) is 1. The van der Waals surface area contributed by atoms with Gasteiger partial charge in [-0.05, 0) is 6.42 Å². The number of aromatic nitrogens is 2. The first-order valence-electron chi connectivity index (χ1n) is 7.32. The van der Waals surface area contributed by atoms with Gasteiger partial charge in [0.2, 0.25) is 6.41 Å². The van der Waals surface area contributed by atoms with Crippen molar-refractivity contribution in [3.05, 3.63) is 12.0 Å². The van der Waals surface area contributed by atoms with Gasteiger partial charge in [-0.3, -0.25) is 9.59 Å². The minimum absolute atomic E-state index is 0.224. The molecule has 23 heavy (non-hydrogen) atoms. The summed E-state index contributed by atoms with van der Waals surface area (Å²) in [6.45, 7) is 2.04. The number of amides is 3. The normalized spacial score (nSPS) is 13.9. The van der Waals surface area contributed by atoms with Crippen molar-refractivity contribution in [1.29, 1.82) is 0 Å². The van der Waals surface area contributed by atoms with Crippen molar-refractivity contribution in [1.82, 2.24) is 19.4 Å². The molecule has 0 N–H and O–H groups in total. The van der Waals surface area contributed by atoms with Crippen molar-refractivity contribution in [3.8, 4) is 0 Å². The third-order valence-electron chi connectivity index (χ3n) is 3.73. The van der Waals surface area contributed by atoms with E-state index in [0.717, 1.165) is 0 Å². The maximum atomic E-state index is 12.6. The first kappa shape index (κ1) is 16.8. The Morgan fingerprint density at radius 2 is 2.22 bits per heavy atom. The lowest BCUT2D eigenvalue weighted by Gasteiger charge is -2.20. The number of rotatable bonds is 7. The number of carbonyl (C=O) groups excluding carboxylic acids is 3. The number of hydrogen-bond acceptors (Lipinski definition) is 5. The number of cyclic esters (lactones) is 1. The zero-order valence-corrected chi connectivity index (χ0v) is 13.6. The highest BCUT2D eigenvalue weighted by atomic mass is 16.6. The van der Waals surface area contributed by atoms with Crippen molar-refractivity contribution in [2.75, 3.05) is 45.2 Å². The summed E-state index contributed by atoms with van der Waals surface area (Å²) in [4.78, 5) is 43.4. The summed E-state index contributed by atoms with van der Waals surface area (Å²) in [6, 6.07) is 0. The van der Waals surface area contributed by atoms with Crippen LogP contribution in [0.4, 0.5) is 10.6 Å². The van der Waals surface area contributed by atoms with Crippen LogP contribution < -0.4 is 4.90 Å². The first-order chi connectivity index (χ1) is 11.0. The highest BCUT2D eigenvalue weighted by Gasteiger charge is 2.24. The molecule has 1 aromatic heterocycles. The highest BCUT2D eigenvalue weighted by molar-refractivity contribution is 5.99. The van der Waals surface area contributed by atoms with Gasteiger partial charge < -0.3 is 24.0 Å². The second kappa shape index (κ2) is 7.12. The van der Waals surface area contributed by atoms with E-state index in [4.69, 9.17) is 4.74 Å². The molecule has 3 amide bonds. The van der Waals surface area contributed by atoms with Crippen molar-refractivity contribution >= 4 is 24.2 Å². The summed E-state index contributed by atoms with van der Waals surface area (Å²) in [5, 5.41) is 0. The van der Waals surface area contributed by atoms with Crippen molar-refractivity contribution in [2.45, 2.75) is 6.42 Å². The largest absolute Gasteiger partial charge is 0.448 e. The molecule has 126 valence electrons. The van der Waals surface area contributed by atoms with Gasteiger partial charge in [0.25, 0.3) is 5.91 Å². The van der Waals surface area contributed by atoms with Crippen LogP contribution in [0.3, 0.4) is 0 Å². The molecule has 0 spiro atoms. The molecular weight excluding hydrogens is 302 g/mol. The van der Waals surface area contributed by atoms with E-state index in [9.17, 15) is 14.4 Å². The van der Waals surface area contributed by atoms with Gasteiger partial charge in [-0.25, -0.2) is 9.78 Å². The van der Waals surface area contributed by atoms with Gasteiger partial charge >= 0.3 is 6.09 Å². The van der Waals surface area contributed by atoms with Crippen LogP contribution in [0.1, 0.15) is 16.9 Å². The summed E-state index contributed by atoms with van der Waals surface area (Å²) < 4.78 is 6.45. The molecule has 2 heterocycles. The van der Waals surface area contributed by atoms with Gasteiger partial charge in [0.15, 0.2) is 11.5 Å². The minimum atomic E-state index is -0.305. The molecule has 0 aliphatic carbocycles. The molecule has 1 saturated heterocycles. The van der Waals surface area contributed by atoms with Crippen LogP contribution >= 0.6 is 0 Å². The molecule has 0 saturated carbocycles. The Bertz CT molecular complexity index is 600. The fraction of sp³-hybridized carbons (Fsp3) is 0.571. The number of imidazole rings is 1. The van der Waals surface area contributed by atoms with Crippen LogP contribution in [0, 0.1) is 0 Å². The zero-order chi connectivity index (χ0) is 17.0. The average Bonchev–Trinajstić information content (AvgIpc) is 3.11. The third kappa shape index (κ3) is 3.61. The maximum absolute atomic E-state index is 12.6. The summed E-state index contributed by atoms with van der Waals surface area (Å²) >= 11 is 0. The monoisotopic (exact) mass is 323 g/mol. The van der Waals surface area contributed by atoms with Gasteiger partial charge in [-0.15, -0.1) is 0 Å². The number of anilines is 1. The summed E-state index contributed by atoms with van der Waals surface area (Å²) in [5.74, 6) is 0.0974. The molecule has 0 aromatic carbocycles. The average molecular weight is 323 g/mol. The standard InChI is InChI=1S/C14H21N5O4/c1-16(5-4-6-19-7-8-23-14(19)22)13(21)11-12(18(3)10-20)15-9-17(11)2/h9-10H,4-8H2,1-3H3. The summed E-state index contributed by atoms with van der Waals surface area (Å²) in [5.41, 5.74) is 0.350. The molecule has 1 aliphatic rings. The van der Waals surface area contributed by atoms with Gasteiger partial charge in [0.1, 0.15) is 6.61 Å². The van der Waals surface area contributed by atoms with Gasteiger partial charge in [0.05, 0.1) is 12.9 Å². The van der Waals surface area contributed by atoms with E-state index >= 15 is 0 Å². The van der Waals surface area contributed by atoms with Gasteiger partial charge in [0, 0.05) is 34.2 Å². The SMILES string of the molecule is CN(CCCN1CCOC1=O)C(=O)c1c(N(C)C=O)ncn1C. The van der Waals surface area contributed by atoms with Gasteiger partial charge in [-0.1, -0.05) is 0 Å². The Morgan fingerprint density at radius 1 is 1.48 bits per heavy atom. The van der Waals surface area contributed by atoms with Gasteiger partial charge in [-0.2, -0.15) is 0 Å².